The number of sulfonamides is 1. The molecule has 4 rings (SSSR count). The number of hydrogen-bond donors (Lipinski definition) is 0. The van der Waals surface area contributed by atoms with Crippen LogP contribution >= 0.6 is 15.9 Å². The molecule has 1 saturated heterocycles. The van der Waals surface area contributed by atoms with Gasteiger partial charge < -0.3 is 9.80 Å². The Morgan fingerprint density at radius 1 is 1.13 bits per heavy atom. The molecular weight excluding hydrogens is 478 g/mol. The quantitative estimate of drug-likeness (QED) is 0.630. The van der Waals surface area contributed by atoms with Gasteiger partial charge in [0.2, 0.25) is 15.9 Å². The summed E-state index contributed by atoms with van der Waals surface area (Å²) in [6.07, 6.45) is 1.14. The third kappa shape index (κ3) is 4.13. The first kappa shape index (κ1) is 22.3. The zero-order valence-corrected chi connectivity index (χ0v) is 20.5. The van der Waals surface area contributed by atoms with Gasteiger partial charge in [-0.25, -0.2) is 8.42 Å². The first-order valence-corrected chi connectivity index (χ1v) is 12.9. The number of hydrogen-bond acceptors (Lipinski definition) is 4. The van der Waals surface area contributed by atoms with Crippen LogP contribution in [0.3, 0.4) is 0 Å². The molecule has 2 aromatic rings. The maximum absolute atomic E-state index is 13.6. The third-order valence-corrected chi connectivity index (χ3v) is 9.03. The summed E-state index contributed by atoms with van der Waals surface area (Å²) in [5.74, 6) is 0.0183. The van der Waals surface area contributed by atoms with Crippen LogP contribution < -0.4 is 9.80 Å². The van der Waals surface area contributed by atoms with E-state index < -0.39 is 10.0 Å². The number of nitrogens with zero attached hydrogens (tertiary/aromatic N) is 3. The van der Waals surface area contributed by atoms with Crippen LogP contribution in [0.1, 0.15) is 31.4 Å². The van der Waals surface area contributed by atoms with E-state index in [0.717, 1.165) is 23.4 Å². The molecule has 0 saturated carbocycles. The van der Waals surface area contributed by atoms with Crippen LogP contribution in [0.5, 0.6) is 0 Å². The molecule has 2 heterocycles. The summed E-state index contributed by atoms with van der Waals surface area (Å²) >= 11 is 3.48. The van der Waals surface area contributed by atoms with Crippen molar-refractivity contribution < 1.29 is 13.2 Å². The summed E-state index contributed by atoms with van der Waals surface area (Å²) in [6, 6.07) is 11.9. The lowest BCUT2D eigenvalue weighted by molar-refractivity contribution is -0.118. The van der Waals surface area contributed by atoms with E-state index in [1.807, 2.05) is 13.0 Å². The number of rotatable bonds is 4. The fraction of sp³-hybridized carbons (Fsp3) is 0.435. The van der Waals surface area contributed by atoms with E-state index in [0.29, 0.717) is 37.1 Å². The third-order valence-electron chi connectivity index (χ3n) is 6.21. The van der Waals surface area contributed by atoms with E-state index in [1.165, 1.54) is 5.56 Å². The Hall–Kier alpha value is -1.90. The highest BCUT2D eigenvalue weighted by Gasteiger charge is 2.35. The smallest absolute Gasteiger partial charge is 0.244 e. The Balaban J connectivity index is 1.60. The maximum atomic E-state index is 13.6. The molecule has 0 bridgehead atoms. The summed E-state index contributed by atoms with van der Waals surface area (Å²) in [4.78, 5) is 16.5. The minimum Gasteiger partial charge on any atom is -0.366 e. The van der Waals surface area contributed by atoms with Crippen LogP contribution in [0, 0.1) is 6.92 Å². The molecule has 0 spiro atoms. The second-order valence-electron chi connectivity index (χ2n) is 8.30. The Labute approximate surface area is 193 Å². The lowest BCUT2D eigenvalue weighted by Gasteiger charge is -2.40. The summed E-state index contributed by atoms with van der Waals surface area (Å²) in [7, 11) is -3.69. The normalized spacial score (nSPS) is 19.5. The number of fused-ring (bicyclic) bond motifs is 1. The number of benzene rings is 2. The van der Waals surface area contributed by atoms with E-state index in [-0.39, 0.29) is 16.8 Å². The fourth-order valence-corrected chi connectivity index (χ4v) is 7.02. The molecule has 31 heavy (non-hydrogen) atoms. The number of piperazine rings is 1. The van der Waals surface area contributed by atoms with Crippen molar-refractivity contribution in [1.29, 1.82) is 0 Å². The lowest BCUT2D eigenvalue weighted by atomic mass is 10.1. The molecule has 166 valence electrons. The largest absolute Gasteiger partial charge is 0.366 e. The molecule has 2 aliphatic rings. The molecule has 2 aliphatic heterocycles. The van der Waals surface area contributed by atoms with Gasteiger partial charge in [-0.3, -0.25) is 4.79 Å². The zero-order valence-electron chi connectivity index (χ0n) is 18.1. The van der Waals surface area contributed by atoms with E-state index >= 15 is 0 Å². The number of amides is 1. The number of carbonyl (C=O) groups excluding carboxylic acids is 1. The second kappa shape index (κ2) is 8.56. The van der Waals surface area contributed by atoms with E-state index in [1.54, 1.807) is 15.3 Å². The van der Waals surface area contributed by atoms with Crippen LogP contribution in [0.25, 0.3) is 0 Å². The van der Waals surface area contributed by atoms with Crippen molar-refractivity contribution in [1.82, 2.24) is 4.31 Å². The Bertz CT molecular complexity index is 1100. The van der Waals surface area contributed by atoms with Crippen molar-refractivity contribution in [3.8, 4) is 0 Å². The van der Waals surface area contributed by atoms with Gasteiger partial charge in [-0.05, 0) is 66.0 Å². The molecule has 1 atom stereocenters. The monoisotopic (exact) mass is 505 g/mol. The highest BCUT2D eigenvalue weighted by molar-refractivity contribution is 9.10. The number of carbonyl (C=O) groups is 1. The minimum atomic E-state index is -3.69. The Morgan fingerprint density at radius 2 is 1.84 bits per heavy atom. The van der Waals surface area contributed by atoms with Gasteiger partial charge in [0.05, 0.1) is 4.90 Å². The second-order valence-corrected chi connectivity index (χ2v) is 11.1. The van der Waals surface area contributed by atoms with Gasteiger partial charge in [0.25, 0.3) is 0 Å². The van der Waals surface area contributed by atoms with Crippen LogP contribution in [0.4, 0.5) is 11.4 Å². The predicted octanol–water partition coefficient (Wildman–Crippen LogP) is 3.96. The van der Waals surface area contributed by atoms with E-state index in [2.05, 4.69) is 58.9 Å². The summed E-state index contributed by atoms with van der Waals surface area (Å²) < 4.78 is 29.2. The highest BCUT2D eigenvalue weighted by Crippen LogP contribution is 2.37. The van der Waals surface area contributed by atoms with Crippen LogP contribution in [0.2, 0.25) is 0 Å². The molecule has 1 fully saturated rings. The first-order valence-electron chi connectivity index (χ1n) is 10.7. The van der Waals surface area contributed by atoms with Crippen LogP contribution in [-0.2, 0) is 21.2 Å². The van der Waals surface area contributed by atoms with Crippen LogP contribution in [0.15, 0.2) is 45.8 Å². The predicted molar refractivity (Wildman–Crippen MR) is 127 cm³/mol. The molecule has 0 aliphatic carbocycles. The van der Waals surface area contributed by atoms with Gasteiger partial charge >= 0.3 is 0 Å². The number of anilines is 2. The molecule has 1 amide bonds. The van der Waals surface area contributed by atoms with Crippen molar-refractivity contribution >= 4 is 43.2 Å². The summed E-state index contributed by atoms with van der Waals surface area (Å²) in [5.41, 5.74) is 4.04. The van der Waals surface area contributed by atoms with Gasteiger partial charge in [0, 0.05) is 54.5 Å². The average molecular weight is 506 g/mol. The lowest BCUT2D eigenvalue weighted by Crippen LogP contribution is -2.53. The minimum absolute atomic E-state index is 0.0183. The topological polar surface area (TPSA) is 60.9 Å². The Kier molecular flexibility index (Phi) is 6.16. The van der Waals surface area contributed by atoms with E-state index in [9.17, 15) is 13.2 Å². The molecule has 0 unspecified atom stereocenters. The molecule has 8 heteroatoms. The molecule has 0 radical (unpaired) electrons. The summed E-state index contributed by atoms with van der Waals surface area (Å²) in [6.45, 7) is 8.00. The molecule has 0 aromatic heterocycles. The van der Waals surface area contributed by atoms with Crippen molar-refractivity contribution in [2.24, 2.45) is 0 Å². The van der Waals surface area contributed by atoms with Crippen molar-refractivity contribution in [2.75, 3.05) is 36.0 Å². The van der Waals surface area contributed by atoms with Crippen LogP contribution in [-0.4, -0.2) is 50.9 Å². The molecule has 0 N–H and O–H groups in total. The fourth-order valence-electron chi connectivity index (χ4n) is 4.44. The molecule has 2 aromatic carbocycles. The van der Waals surface area contributed by atoms with Gasteiger partial charge in [-0.1, -0.05) is 24.6 Å². The van der Waals surface area contributed by atoms with Crippen molar-refractivity contribution in [3.63, 3.8) is 0 Å². The van der Waals surface area contributed by atoms with Gasteiger partial charge in [-0.15, -0.1) is 0 Å². The maximum Gasteiger partial charge on any atom is 0.244 e. The van der Waals surface area contributed by atoms with E-state index in [4.69, 9.17) is 0 Å². The SMILES string of the molecule is CCC(=O)N1CCc2cc(Br)c(S(=O)(=O)N3CCN(c4ccc(C)cc4)[C@@H](C)C3)cc21. The standard InChI is InChI=1S/C23H28BrN3O3S/c1-4-23(28)27-10-9-18-13-20(24)22(14-21(18)27)31(29,30)25-11-12-26(17(3)15-25)19-7-5-16(2)6-8-19/h5-8,13-14,17H,4,9-12,15H2,1-3H3/t17-/m0/s1. The molecule has 6 nitrogen and oxygen atoms in total. The van der Waals surface area contributed by atoms with Crippen molar-refractivity contribution in [2.45, 2.75) is 44.6 Å². The first-order chi connectivity index (χ1) is 14.7. The number of halogens is 1. The average Bonchev–Trinajstić information content (AvgIpc) is 3.16. The van der Waals surface area contributed by atoms with Gasteiger partial charge in [0.1, 0.15) is 0 Å². The van der Waals surface area contributed by atoms with Crippen molar-refractivity contribution in [3.05, 3.63) is 52.0 Å². The molecular formula is C23H28BrN3O3S. The highest BCUT2D eigenvalue weighted by atomic mass is 79.9. The number of aryl methyl sites for hydroxylation is 1. The Morgan fingerprint density at radius 3 is 2.48 bits per heavy atom. The summed E-state index contributed by atoms with van der Waals surface area (Å²) in [5, 5.41) is 0. The zero-order chi connectivity index (χ0) is 22.3. The van der Waals surface area contributed by atoms with Gasteiger partial charge in [-0.2, -0.15) is 4.31 Å². The van der Waals surface area contributed by atoms with Gasteiger partial charge in [0.15, 0.2) is 0 Å².